The second kappa shape index (κ2) is 24.7. The summed E-state index contributed by atoms with van der Waals surface area (Å²) in [5.74, 6) is 1.69. The van der Waals surface area contributed by atoms with E-state index in [1.165, 1.54) is 165 Å². The molecular formula is C45H72N2. The topological polar surface area (TPSA) is 17.8 Å². The number of aromatic nitrogens is 2. The molecule has 1 aromatic heterocycles. The minimum atomic E-state index is -0.0248. The highest BCUT2D eigenvalue weighted by atomic mass is 15.1. The van der Waals surface area contributed by atoms with Crippen molar-refractivity contribution < 1.29 is 0 Å². The SMILES string of the molecule is CCCCCCCCCCCCCCCCCn1ccnc1C(CCCCCCCCC)C(C)(Cc1ccccc1)c1ccccc1. The molecule has 0 saturated carbocycles. The summed E-state index contributed by atoms with van der Waals surface area (Å²) >= 11 is 0. The van der Waals surface area contributed by atoms with Gasteiger partial charge in [-0.05, 0) is 30.4 Å². The van der Waals surface area contributed by atoms with E-state index in [4.69, 9.17) is 4.98 Å². The van der Waals surface area contributed by atoms with Crippen LogP contribution in [0.5, 0.6) is 0 Å². The fraction of sp³-hybridized carbons (Fsp3) is 0.667. The molecule has 262 valence electrons. The van der Waals surface area contributed by atoms with Gasteiger partial charge in [-0.1, -0.05) is 216 Å². The van der Waals surface area contributed by atoms with Gasteiger partial charge in [-0.3, -0.25) is 0 Å². The molecule has 0 spiro atoms. The molecule has 47 heavy (non-hydrogen) atoms. The van der Waals surface area contributed by atoms with Crippen LogP contribution in [0.25, 0.3) is 0 Å². The summed E-state index contributed by atoms with van der Waals surface area (Å²) in [5.41, 5.74) is 2.84. The van der Waals surface area contributed by atoms with Crippen LogP contribution in [0.15, 0.2) is 73.1 Å². The largest absolute Gasteiger partial charge is 0.335 e. The number of unbranched alkanes of at least 4 members (excludes halogenated alkanes) is 20. The number of imidazole rings is 1. The Morgan fingerprint density at radius 1 is 0.553 bits per heavy atom. The molecule has 0 aliphatic heterocycles. The molecule has 0 bridgehead atoms. The second-order valence-corrected chi connectivity index (χ2v) is 14.8. The Morgan fingerprint density at radius 2 is 1.00 bits per heavy atom. The standard InChI is InChI=1S/C45H72N2/c1-4-6-8-10-12-13-14-15-16-17-18-19-21-23-31-38-47-39-37-46-44(47)43(36-30-22-20-11-9-7-5-2)45(3,42-34-28-25-29-35-42)40-41-32-26-24-27-33-41/h24-29,32-35,37,39,43H,4-23,30-31,36,38,40H2,1-3H3. The molecule has 0 amide bonds. The molecule has 2 aromatic carbocycles. The molecule has 0 radical (unpaired) electrons. The first-order valence-corrected chi connectivity index (χ1v) is 20.3. The van der Waals surface area contributed by atoms with Gasteiger partial charge >= 0.3 is 0 Å². The molecule has 3 aromatic rings. The lowest BCUT2D eigenvalue weighted by Gasteiger charge is -2.39. The van der Waals surface area contributed by atoms with Crippen molar-refractivity contribution in [2.24, 2.45) is 0 Å². The number of benzene rings is 2. The van der Waals surface area contributed by atoms with Crippen LogP contribution in [0, 0.1) is 0 Å². The molecule has 0 aliphatic rings. The predicted octanol–water partition coefficient (Wildman–Crippen LogP) is 14.2. The van der Waals surface area contributed by atoms with Gasteiger partial charge in [0, 0.05) is 30.3 Å². The zero-order chi connectivity index (χ0) is 33.3. The average Bonchev–Trinajstić information content (AvgIpc) is 3.56. The van der Waals surface area contributed by atoms with Crippen molar-refractivity contribution >= 4 is 0 Å². The molecule has 2 atom stereocenters. The van der Waals surface area contributed by atoms with E-state index in [1.807, 2.05) is 0 Å². The Labute approximate surface area is 291 Å². The normalized spacial score (nSPS) is 13.5. The first kappa shape index (κ1) is 39.1. The van der Waals surface area contributed by atoms with Crippen molar-refractivity contribution in [2.75, 3.05) is 0 Å². The highest BCUT2D eigenvalue weighted by Gasteiger charge is 2.39. The van der Waals surface area contributed by atoms with Gasteiger partial charge in [0.2, 0.25) is 0 Å². The molecule has 1 heterocycles. The van der Waals surface area contributed by atoms with Crippen LogP contribution in [0.2, 0.25) is 0 Å². The van der Waals surface area contributed by atoms with Crippen LogP contribution < -0.4 is 0 Å². The molecule has 0 saturated heterocycles. The molecule has 3 rings (SSSR count). The molecule has 0 fully saturated rings. The number of hydrogen-bond acceptors (Lipinski definition) is 1. The number of rotatable bonds is 29. The summed E-state index contributed by atoms with van der Waals surface area (Å²) in [6.45, 7) is 8.23. The van der Waals surface area contributed by atoms with E-state index in [-0.39, 0.29) is 5.41 Å². The molecule has 2 heteroatoms. The maximum atomic E-state index is 5.14. The Kier molecular flexibility index (Phi) is 20.6. The minimum Gasteiger partial charge on any atom is -0.335 e. The highest BCUT2D eigenvalue weighted by Crippen LogP contribution is 2.44. The van der Waals surface area contributed by atoms with E-state index >= 15 is 0 Å². The van der Waals surface area contributed by atoms with E-state index in [2.05, 4.69) is 98.4 Å². The van der Waals surface area contributed by atoms with Crippen LogP contribution in [0.1, 0.15) is 191 Å². The molecule has 0 aliphatic carbocycles. The van der Waals surface area contributed by atoms with Crippen molar-refractivity contribution in [1.29, 1.82) is 0 Å². The van der Waals surface area contributed by atoms with Gasteiger partial charge in [0.25, 0.3) is 0 Å². The summed E-state index contributed by atoms with van der Waals surface area (Å²) in [6.07, 6.45) is 37.1. The maximum Gasteiger partial charge on any atom is 0.112 e. The Hall–Kier alpha value is -2.35. The van der Waals surface area contributed by atoms with E-state index in [0.717, 1.165) is 13.0 Å². The monoisotopic (exact) mass is 641 g/mol. The quantitative estimate of drug-likeness (QED) is 0.0690. The number of hydrogen-bond donors (Lipinski definition) is 0. The van der Waals surface area contributed by atoms with Crippen molar-refractivity contribution in [3.8, 4) is 0 Å². The van der Waals surface area contributed by atoms with Crippen LogP contribution in [0.3, 0.4) is 0 Å². The summed E-state index contributed by atoms with van der Waals surface area (Å²) in [4.78, 5) is 5.14. The minimum absolute atomic E-state index is 0.0248. The van der Waals surface area contributed by atoms with Gasteiger partial charge in [0.1, 0.15) is 5.82 Å². The highest BCUT2D eigenvalue weighted by molar-refractivity contribution is 5.33. The summed E-state index contributed by atoms with van der Waals surface area (Å²) in [5, 5.41) is 0. The van der Waals surface area contributed by atoms with Gasteiger partial charge in [-0.25, -0.2) is 4.98 Å². The van der Waals surface area contributed by atoms with E-state index < -0.39 is 0 Å². The first-order valence-electron chi connectivity index (χ1n) is 20.3. The smallest absolute Gasteiger partial charge is 0.112 e. The fourth-order valence-electron chi connectivity index (χ4n) is 7.78. The van der Waals surface area contributed by atoms with Crippen LogP contribution in [0.4, 0.5) is 0 Å². The van der Waals surface area contributed by atoms with Gasteiger partial charge in [-0.15, -0.1) is 0 Å². The van der Waals surface area contributed by atoms with Gasteiger partial charge in [0.05, 0.1) is 0 Å². The fourth-order valence-corrected chi connectivity index (χ4v) is 7.78. The zero-order valence-electron chi connectivity index (χ0n) is 31.1. The van der Waals surface area contributed by atoms with E-state index in [0.29, 0.717) is 5.92 Å². The molecule has 2 unspecified atom stereocenters. The van der Waals surface area contributed by atoms with Gasteiger partial charge in [0.15, 0.2) is 0 Å². The predicted molar refractivity (Wildman–Crippen MR) is 206 cm³/mol. The summed E-state index contributed by atoms with van der Waals surface area (Å²) in [7, 11) is 0. The average molecular weight is 641 g/mol. The molecule has 0 N–H and O–H groups in total. The zero-order valence-corrected chi connectivity index (χ0v) is 31.1. The first-order chi connectivity index (χ1) is 23.2. The maximum absolute atomic E-state index is 5.14. The number of aryl methyl sites for hydroxylation is 1. The summed E-state index contributed by atoms with van der Waals surface area (Å²) < 4.78 is 2.53. The van der Waals surface area contributed by atoms with Crippen molar-refractivity contribution in [2.45, 2.75) is 193 Å². The van der Waals surface area contributed by atoms with Crippen molar-refractivity contribution in [3.05, 3.63) is 90.0 Å². The van der Waals surface area contributed by atoms with Gasteiger partial charge in [-0.2, -0.15) is 0 Å². The number of nitrogens with zero attached hydrogens (tertiary/aromatic N) is 2. The third-order valence-corrected chi connectivity index (χ3v) is 10.8. The van der Waals surface area contributed by atoms with Crippen LogP contribution >= 0.6 is 0 Å². The van der Waals surface area contributed by atoms with E-state index in [1.54, 1.807) is 0 Å². The second-order valence-electron chi connectivity index (χ2n) is 14.8. The Balaban J connectivity index is 1.54. The molecular weight excluding hydrogens is 569 g/mol. The van der Waals surface area contributed by atoms with Crippen molar-refractivity contribution in [1.82, 2.24) is 9.55 Å². The third-order valence-electron chi connectivity index (χ3n) is 10.8. The van der Waals surface area contributed by atoms with Crippen LogP contribution in [-0.4, -0.2) is 9.55 Å². The lowest BCUT2D eigenvalue weighted by Crippen LogP contribution is -2.35. The van der Waals surface area contributed by atoms with Crippen LogP contribution in [-0.2, 0) is 18.4 Å². The lowest BCUT2D eigenvalue weighted by atomic mass is 9.66. The third kappa shape index (κ3) is 15.2. The summed E-state index contributed by atoms with van der Waals surface area (Å²) in [6, 6.07) is 22.5. The lowest BCUT2D eigenvalue weighted by molar-refractivity contribution is 0.321. The Bertz CT molecular complexity index is 1120. The van der Waals surface area contributed by atoms with Gasteiger partial charge < -0.3 is 4.57 Å². The molecule has 2 nitrogen and oxygen atoms in total. The Morgan fingerprint density at radius 3 is 1.51 bits per heavy atom. The van der Waals surface area contributed by atoms with E-state index in [9.17, 15) is 0 Å². The van der Waals surface area contributed by atoms with Crippen molar-refractivity contribution in [3.63, 3.8) is 0 Å².